The minimum Gasteiger partial charge on any atom is -0.364 e. The Kier molecular flexibility index (Phi) is 4.25. The van der Waals surface area contributed by atoms with E-state index in [1.807, 2.05) is 0 Å². The number of aromatic nitrogens is 1. The van der Waals surface area contributed by atoms with Crippen LogP contribution in [-0.2, 0) is 4.79 Å². The lowest BCUT2D eigenvalue weighted by Crippen LogP contribution is -2.44. The van der Waals surface area contributed by atoms with Gasteiger partial charge in [0, 0.05) is 24.5 Å². The number of carbonyl (C=O) groups excluding carboxylic acids is 2. The highest BCUT2D eigenvalue weighted by atomic mass is 19.4. The maximum Gasteiger partial charge on any atom is 0.406 e. The summed E-state index contributed by atoms with van der Waals surface area (Å²) in [4.78, 5) is 38.8. The summed E-state index contributed by atoms with van der Waals surface area (Å²) in [6.07, 6.45) is -3.20. The zero-order valence-corrected chi connectivity index (χ0v) is 11.7. The second-order valence-electron chi connectivity index (χ2n) is 5.08. The summed E-state index contributed by atoms with van der Waals surface area (Å²) < 4.78 is 36.9. The molecule has 2 rings (SSSR count). The highest BCUT2D eigenvalue weighted by Gasteiger charge is 2.39. The molecule has 2 heterocycles. The monoisotopic (exact) mass is 317 g/mol. The molecule has 0 aliphatic carbocycles. The van der Waals surface area contributed by atoms with Gasteiger partial charge in [0.05, 0.1) is 0 Å². The first kappa shape index (κ1) is 16.1. The Morgan fingerprint density at radius 1 is 1.45 bits per heavy atom. The molecule has 1 atom stereocenters. The molecule has 1 fully saturated rings. The molecule has 1 unspecified atom stereocenters. The van der Waals surface area contributed by atoms with Crippen molar-refractivity contribution >= 4 is 11.8 Å². The van der Waals surface area contributed by atoms with Crippen LogP contribution < -0.4 is 10.7 Å². The number of aryl methyl sites for hydroxylation is 1. The van der Waals surface area contributed by atoms with Crippen LogP contribution in [0.3, 0.4) is 0 Å². The molecule has 1 aliphatic rings. The number of alkyl halides is 3. The summed E-state index contributed by atoms with van der Waals surface area (Å²) in [5.74, 6) is -1.58. The van der Waals surface area contributed by atoms with E-state index in [1.165, 1.54) is 12.3 Å². The molecule has 6 nitrogen and oxygen atoms in total. The standard InChI is InChI=1S/C13H14F3N3O3/c1-7-4-10(20)8(5-17-7)11(21)18-9-2-3-19(12(9)22)6-13(14,15)16/h4-5,9H,2-3,6H2,1H3,(H,17,20)(H,18,21). The summed E-state index contributed by atoms with van der Waals surface area (Å²) in [5, 5.41) is 2.30. The minimum atomic E-state index is -4.48. The Bertz CT molecular complexity index is 654. The third-order valence-electron chi connectivity index (χ3n) is 3.27. The van der Waals surface area contributed by atoms with Crippen LogP contribution in [0.4, 0.5) is 13.2 Å². The molecule has 0 spiro atoms. The van der Waals surface area contributed by atoms with E-state index in [2.05, 4.69) is 10.3 Å². The molecule has 120 valence electrons. The topological polar surface area (TPSA) is 82.3 Å². The van der Waals surface area contributed by atoms with Crippen LogP contribution in [0.2, 0.25) is 0 Å². The largest absolute Gasteiger partial charge is 0.406 e. The zero-order valence-electron chi connectivity index (χ0n) is 11.7. The number of halogens is 3. The normalized spacial score (nSPS) is 18.6. The smallest absolute Gasteiger partial charge is 0.364 e. The molecule has 1 saturated heterocycles. The zero-order chi connectivity index (χ0) is 16.5. The van der Waals surface area contributed by atoms with Crippen LogP contribution in [0.1, 0.15) is 22.5 Å². The number of H-pyrrole nitrogens is 1. The van der Waals surface area contributed by atoms with Gasteiger partial charge in [0.15, 0.2) is 5.43 Å². The minimum absolute atomic E-state index is 0.0738. The number of aromatic amines is 1. The van der Waals surface area contributed by atoms with Crippen LogP contribution in [0.25, 0.3) is 0 Å². The van der Waals surface area contributed by atoms with Gasteiger partial charge in [-0.3, -0.25) is 14.4 Å². The Morgan fingerprint density at radius 2 is 2.14 bits per heavy atom. The third kappa shape index (κ3) is 3.66. The molecule has 2 N–H and O–H groups in total. The van der Waals surface area contributed by atoms with E-state index in [0.29, 0.717) is 10.6 Å². The van der Waals surface area contributed by atoms with Crippen molar-refractivity contribution in [1.82, 2.24) is 15.2 Å². The molecule has 0 bridgehead atoms. The summed E-state index contributed by atoms with van der Waals surface area (Å²) >= 11 is 0. The number of likely N-dealkylation sites (tertiary alicyclic amines) is 1. The number of nitrogens with zero attached hydrogens (tertiary/aromatic N) is 1. The quantitative estimate of drug-likeness (QED) is 0.855. The molecule has 1 aliphatic heterocycles. The van der Waals surface area contributed by atoms with Gasteiger partial charge >= 0.3 is 6.18 Å². The average Bonchev–Trinajstić information content (AvgIpc) is 2.69. The van der Waals surface area contributed by atoms with Crippen LogP contribution in [0, 0.1) is 6.92 Å². The van der Waals surface area contributed by atoms with Crippen LogP contribution in [0.15, 0.2) is 17.1 Å². The predicted molar refractivity (Wildman–Crippen MR) is 70.3 cm³/mol. The molecule has 1 aromatic heterocycles. The van der Waals surface area contributed by atoms with E-state index in [-0.39, 0.29) is 18.5 Å². The predicted octanol–water partition coefficient (Wildman–Crippen LogP) is 0.576. The molecular formula is C13H14F3N3O3. The number of nitrogens with one attached hydrogen (secondary N) is 2. The van der Waals surface area contributed by atoms with Crippen molar-refractivity contribution in [1.29, 1.82) is 0 Å². The Morgan fingerprint density at radius 3 is 2.73 bits per heavy atom. The van der Waals surface area contributed by atoms with Crippen LogP contribution in [0.5, 0.6) is 0 Å². The number of pyridine rings is 1. The maximum absolute atomic E-state index is 12.3. The summed E-state index contributed by atoms with van der Waals surface area (Å²) in [7, 11) is 0. The molecule has 1 aromatic rings. The SMILES string of the molecule is Cc1cc(=O)c(C(=O)NC2CCN(CC(F)(F)F)C2=O)c[nH]1. The first-order valence-electron chi connectivity index (χ1n) is 6.53. The maximum atomic E-state index is 12.3. The first-order chi connectivity index (χ1) is 10.2. The van der Waals surface area contributed by atoms with E-state index < -0.39 is 36.0 Å². The van der Waals surface area contributed by atoms with E-state index >= 15 is 0 Å². The summed E-state index contributed by atoms with van der Waals surface area (Å²) in [6.45, 7) is 0.204. The van der Waals surface area contributed by atoms with E-state index in [0.717, 1.165) is 0 Å². The van der Waals surface area contributed by atoms with E-state index in [9.17, 15) is 27.6 Å². The van der Waals surface area contributed by atoms with Gasteiger partial charge in [-0.1, -0.05) is 0 Å². The van der Waals surface area contributed by atoms with Gasteiger partial charge in [-0.15, -0.1) is 0 Å². The van der Waals surface area contributed by atoms with Gasteiger partial charge in [-0.25, -0.2) is 0 Å². The number of carbonyl (C=O) groups is 2. The number of amides is 2. The van der Waals surface area contributed by atoms with E-state index in [1.54, 1.807) is 6.92 Å². The van der Waals surface area contributed by atoms with Crippen molar-refractivity contribution in [2.24, 2.45) is 0 Å². The fourth-order valence-electron chi connectivity index (χ4n) is 2.23. The van der Waals surface area contributed by atoms with Crippen molar-refractivity contribution in [2.45, 2.75) is 25.6 Å². The number of hydrogen-bond acceptors (Lipinski definition) is 3. The second-order valence-corrected chi connectivity index (χ2v) is 5.08. The average molecular weight is 317 g/mol. The van der Waals surface area contributed by atoms with Gasteiger partial charge in [-0.05, 0) is 13.3 Å². The lowest BCUT2D eigenvalue weighted by atomic mass is 10.2. The van der Waals surface area contributed by atoms with Gasteiger partial charge < -0.3 is 15.2 Å². The van der Waals surface area contributed by atoms with Crippen molar-refractivity contribution in [3.8, 4) is 0 Å². The van der Waals surface area contributed by atoms with Crippen molar-refractivity contribution in [3.63, 3.8) is 0 Å². The van der Waals surface area contributed by atoms with Crippen LogP contribution in [-0.4, -0.2) is 47.0 Å². The molecule has 2 amide bonds. The molecule has 0 aromatic carbocycles. The molecule has 22 heavy (non-hydrogen) atoms. The van der Waals surface area contributed by atoms with Gasteiger partial charge in [-0.2, -0.15) is 13.2 Å². The van der Waals surface area contributed by atoms with Gasteiger partial charge in [0.2, 0.25) is 5.91 Å². The van der Waals surface area contributed by atoms with Gasteiger partial charge in [0.1, 0.15) is 18.2 Å². The molecule has 0 radical (unpaired) electrons. The Labute approximate surface area is 123 Å². The third-order valence-corrected chi connectivity index (χ3v) is 3.27. The first-order valence-corrected chi connectivity index (χ1v) is 6.53. The highest BCUT2D eigenvalue weighted by molar-refractivity contribution is 5.97. The molecule has 9 heteroatoms. The fraction of sp³-hybridized carbons (Fsp3) is 0.462. The molecular weight excluding hydrogens is 303 g/mol. The lowest BCUT2D eigenvalue weighted by molar-refractivity contribution is -0.157. The van der Waals surface area contributed by atoms with E-state index in [4.69, 9.17) is 0 Å². The highest BCUT2D eigenvalue weighted by Crippen LogP contribution is 2.20. The van der Waals surface area contributed by atoms with Crippen LogP contribution >= 0.6 is 0 Å². The second kappa shape index (κ2) is 5.82. The van der Waals surface area contributed by atoms with Gasteiger partial charge in [0.25, 0.3) is 5.91 Å². The van der Waals surface area contributed by atoms with Crippen molar-refractivity contribution in [3.05, 3.63) is 33.7 Å². The number of rotatable bonds is 3. The Hall–Kier alpha value is -2.32. The number of hydrogen-bond donors (Lipinski definition) is 2. The lowest BCUT2D eigenvalue weighted by Gasteiger charge is -2.18. The molecule has 0 saturated carbocycles. The summed E-state index contributed by atoms with van der Waals surface area (Å²) in [6, 6.07) is 0.178. The Balaban J connectivity index is 2.04. The fourth-order valence-corrected chi connectivity index (χ4v) is 2.23. The van der Waals surface area contributed by atoms with Crippen molar-refractivity contribution < 1.29 is 22.8 Å². The summed E-state index contributed by atoms with van der Waals surface area (Å²) in [5.41, 5.74) is -0.145. The van der Waals surface area contributed by atoms with Crippen molar-refractivity contribution in [2.75, 3.05) is 13.1 Å².